The maximum atomic E-state index is 12.8. The molecule has 0 aliphatic heterocycles. The largest absolute Gasteiger partial charge is 0.320 e. The number of anilines is 1. The summed E-state index contributed by atoms with van der Waals surface area (Å²) in [6, 6.07) is 10.4. The molecule has 1 atom stereocenters. The molecule has 1 aromatic heterocycles. The van der Waals surface area contributed by atoms with E-state index in [4.69, 9.17) is 5.73 Å². The molecule has 1 heterocycles. The highest BCUT2D eigenvalue weighted by Gasteiger charge is 2.07. The van der Waals surface area contributed by atoms with Crippen LogP contribution in [0.5, 0.6) is 0 Å². The molecule has 1 unspecified atom stereocenters. The number of hydrogen-bond donors (Lipinski definition) is 2. The van der Waals surface area contributed by atoms with Gasteiger partial charge >= 0.3 is 0 Å². The van der Waals surface area contributed by atoms with Gasteiger partial charge in [-0.05, 0) is 49.2 Å². The maximum Gasteiger partial charge on any atom is 0.242 e. The first-order valence-corrected chi connectivity index (χ1v) is 6.36. The van der Waals surface area contributed by atoms with E-state index >= 15 is 0 Å². The molecule has 2 rings (SSSR count). The van der Waals surface area contributed by atoms with Gasteiger partial charge in [0.25, 0.3) is 0 Å². The van der Waals surface area contributed by atoms with Crippen molar-refractivity contribution in [2.24, 2.45) is 5.73 Å². The summed E-state index contributed by atoms with van der Waals surface area (Å²) in [5.74, 6) is 5.50. The fourth-order valence-electron chi connectivity index (χ4n) is 1.48. The van der Waals surface area contributed by atoms with E-state index in [-0.39, 0.29) is 11.7 Å². The van der Waals surface area contributed by atoms with Gasteiger partial charge in [-0.2, -0.15) is 0 Å². The number of amides is 1. The first-order valence-electron chi connectivity index (χ1n) is 6.36. The minimum Gasteiger partial charge on any atom is -0.320 e. The molecule has 5 heteroatoms. The zero-order valence-electron chi connectivity index (χ0n) is 11.4. The Hall–Kier alpha value is -2.71. The number of carbonyl (C=O) groups is 1. The third kappa shape index (κ3) is 4.41. The molecule has 0 fully saturated rings. The van der Waals surface area contributed by atoms with Crippen molar-refractivity contribution in [2.75, 3.05) is 5.32 Å². The summed E-state index contributed by atoms with van der Waals surface area (Å²) in [5, 5.41) is 2.59. The topological polar surface area (TPSA) is 68.0 Å². The summed E-state index contributed by atoms with van der Waals surface area (Å²) in [5.41, 5.74) is 6.66. The van der Waals surface area contributed by atoms with Crippen LogP contribution in [-0.2, 0) is 4.79 Å². The number of hydrogen-bond acceptors (Lipinski definition) is 3. The maximum absolute atomic E-state index is 12.8. The molecule has 4 nitrogen and oxygen atoms in total. The Labute approximate surface area is 122 Å². The van der Waals surface area contributed by atoms with Crippen LogP contribution in [0.15, 0.2) is 42.5 Å². The van der Waals surface area contributed by atoms with Gasteiger partial charge in [0.05, 0.1) is 6.04 Å². The molecule has 0 aliphatic rings. The van der Waals surface area contributed by atoms with Crippen molar-refractivity contribution in [2.45, 2.75) is 13.0 Å². The van der Waals surface area contributed by atoms with Crippen molar-refractivity contribution in [1.82, 2.24) is 4.98 Å². The summed E-state index contributed by atoms with van der Waals surface area (Å²) in [7, 11) is 0. The Kier molecular flexibility index (Phi) is 4.64. The minimum absolute atomic E-state index is 0.306. The molecular weight excluding hydrogens is 269 g/mol. The fraction of sp³-hybridized carbons (Fsp3) is 0.125. The van der Waals surface area contributed by atoms with E-state index in [1.165, 1.54) is 12.1 Å². The van der Waals surface area contributed by atoms with Gasteiger partial charge in [-0.1, -0.05) is 12.0 Å². The monoisotopic (exact) mass is 283 g/mol. The lowest BCUT2D eigenvalue weighted by molar-refractivity contribution is -0.117. The summed E-state index contributed by atoms with van der Waals surface area (Å²) in [4.78, 5) is 15.7. The average molecular weight is 283 g/mol. The Balaban J connectivity index is 2.15. The number of rotatable bonds is 2. The molecule has 3 N–H and O–H groups in total. The van der Waals surface area contributed by atoms with Crippen molar-refractivity contribution in [3.8, 4) is 11.8 Å². The van der Waals surface area contributed by atoms with Crippen LogP contribution in [0.1, 0.15) is 18.2 Å². The van der Waals surface area contributed by atoms with Crippen LogP contribution >= 0.6 is 0 Å². The third-order valence-electron chi connectivity index (χ3n) is 2.59. The lowest BCUT2D eigenvalue weighted by Crippen LogP contribution is -2.32. The molecular formula is C16H14FN3O. The molecule has 0 bridgehead atoms. The lowest BCUT2D eigenvalue weighted by atomic mass is 10.2. The van der Waals surface area contributed by atoms with Crippen molar-refractivity contribution in [3.05, 3.63) is 59.5 Å². The fourth-order valence-corrected chi connectivity index (χ4v) is 1.48. The van der Waals surface area contributed by atoms with Crippen LogP contribution in [0.25, 0.3) is 0 Å². The van der Waals surface area contributed by atoms with Crippen molar-refractivity contribution >= 4 is 11.7 Å². The summed E-state index contributed by atoms with van der Waals surface area (Å²) in [6.45, 7) is 1.59. The molecule has 1 aromatic carbocycles. The number of pyridine rings is 1. The van der Waals surface area contributed by atoms with E-state index in [0.717, 1.165) is 0 Å². The summed E-state index contributed by atoms with van der Waals surface area (Å²) < 4.78 is 12.8. The standard InChI is InChI=1S/C16H14FN3O/c1-11(18)16(21)20-15-4-2-3-14(19-15)10-7-12-5-8-13(17)9-6-12/h2-6,8-9,11H,18H2,1H3,(H,19,20,21). The normalized spacial score (nSPS) is 11.2. The molecule has 2 aromatic rings. The highest BCUT2D eigenvalue weighted by atomic mass is 19.1. The van der Waals surface area contributed by atoms with Crippen LogP contribution in [0.4, 0.5) is 10.2 Å². The van der Waals surface area contributed by atoms with Gasteiger partial charge in [0, 0.05) is 5.56 Å². The van der Waals surface area contributed by atoms with Crippen LogP contribution in [0.3, 0.4) is 0 Å². The van der Waals surface area contributed by atoms with Crippen molar-refractivity contribution in [1.29, 1.82) is 0 Å². The minimum atomic E-state index is -0.610. The predicted octanol–water partition coefficient (Wildman–Crippen LogP) is 1.91. The Morgan fingerprint density at radius 2 is 1.95 bits per heavy atom. The van der Waals surface area contributed by atoms with E-state index in [1.54, 1.807) is 37.3 Å². The second-order valence-electron chi connectivity index (χ2n) is 4.44. The van der Waals surface area contributed by atoms with Gasteiger partial charge in [0.2, 0.25) is 5.91 Å². The highest BCUT2D eigenvalue weighted by Crippen LogP contribution is 2.05. The van der Waals surface area contributed by atoms with E-state index < -0.39 is 6.04 Å². The highest BCUT2D eigenvalue weighted by molar-refractivity contribution is 5.93. The third-order valence-corrected chi connectivity index (χ3v) is 2.59. The molecule has 106 valence electrons. The van der Waals surface area contributed by atoms with Gasteiger partial charge in [0.1, 0.15) is 17.3 Å². The van der Waals surface area contributed by atoms with Gasteiger partial charge in [-0.15, -0.1) is 0 Å². The quantitative estimate of drug-likeness (QED) is 0.827. The molecule has 0 radical (unpaired) electrons. The van der Waals surface area contributed by atoms with E-state index in [9.17, 15) is 9.18 Å². The zero-order valence-corrected chi connectivity index (χ0v) is 11.4. The van der Waals surface area contributed by atoms with E-state index in [2.05, 4.69) is 22.1 Å². The second-order valence-corrected chi connectivity index (χ2v) is 4.44. The molecule has 0 saturated heterocycles. The number of benzene rings is 1. The van der Waals surface area contributed by atoms with E-state index in [1.807, 2.05) is 0 Å². The summed E-state index contributed by atoms with van der Waals surface area (Å²) in [6.07, 6.45) is 0. The average Bonchev–Trinajstić information content (AvgIpc) is 2.47. The van der Waals surface area contributed by atoms with Gasteiger partial charge in [0.15, 0.2) is 0 Å². The summed E-state index contributed by atoms with van der Waals surface area (Å²) >= 11 is 0. The number of nitrogens with two attached hydrogens (primary N) is 1. The first-order chi connectivity index (χ1) is 10.0. The second kappa shape index (κ2) is 6.64. The molecule has 1 amide bonds. The molecule has 0 aliphatic carbocycles. The van der Waals surface area contributed by atoms with Gasteiger partial charge in [-0.3, -0.25) is 4.79 Å². The number of aromatic nitrogens is 1. The van der Waals surface area contributed by atoms with Crippen LogP contribution in [0, 0.1) is 17.7 Å². The molecule has 0 saturated carbocycles. The smallest absolute Gasteiger partial charge is 0.242 e. The lowest BCUT2D eigenvalue weighted by Gasteiger charge is -2.06. The Morgan fingerprint density at radius 3 is 2.62 bits per heavy atom. The number of nitrogens with one attached hydrogen (secondary N) is 1. The van der Waals surface area contributed by atoms with E-state index in [0.29, 0.717) is 17.1 Å². The van der Waals surface area contributed by atoms with Crippen molar-refractivity contribution < 1.29 is 9.18 Å². The number of halogens is 1. The number of carbonyl (C=O) groups excluding carboxylic acids is 1. The van der Waals surface area contributed by atoms with Crippen LogP contribution in [-0.4, -0.2) is 16.9 Å². The molecule has 21 heavy (non-hydrogen) atoms. The Morgan fingerprint density at radius 1 is 1.24 bits per heavy atom. The molecule has 0 spiro atoms. The number of nitrogens with zero attached hydrogens (tertiary/aromatic N) is 1. The van der Waals surface area contributed by atoms with Crippen LogP contribution < -0.4 is 11.1 Å². The van der Waals surface area contributed by atoms with Crippen molar-refractivity contribution in [3.63, 3.8) is 0 Å². The van der Waals surface area contributed by atoms with Crippen LogP contribution in [0.2, 0.25) is 0 Å². The first kappa shape index (κ1) is 14.7. The van der Waals surface area contributed by atoms with Gasteiger partial charge in [-0.25, -0.2) is 9.37 Å². The SMILES string of the molecule is CC(N)C(=O)Nc1cccc(C#Cc2ccc(F)cc2)n1. The predicted molar refractivity (Wildman–Crippen MR) is 78.9 cm³/mol. The van der Waals surface area contributed by atoms with Gasteiger partial charge < -0.3 is 11.1 Å². The Bertz CT molecular complexity index is 699. The zero-order chi connectivity index (χ0) is 15.2.